The van der Waals surface area contributed by atoms with Gasteiger partial charge >= 0.3 is 5.97 Å². The molecule has 0 saturated heterocycles. The van der Waals surface area contributed by atoms with Gasteiger partial charge in [-0.05, 0) is 30.2 Å². The normalized spacial score (nSPS) is 12.1. The van der Waals surface area contributed by atoms with Gasteiger partial charge in [0.25, 0.3) is 0 Å². The van der Waals surface area contributed by atoms with Crippen LogP contribution in [0.5, 0.6) is 0 Å². The van der Waals surface area contributed by atoms with Crippen molar-refractivity contribution in [2.75, 3.05) is 0 Å². The Hall–Kier alpha value is -2.16. The van der Waals surface area contributed by atoms with E-state index in [2.05, 4.69) is 0 Å². The Morgan fingerprint density at radius 2 is 1.84 bits per heavy atom. The Kier molecular flexibility index (Phi) is 3.95. The van der Waals surface area contributed by atoms with E-state index in [9.17, 15) is 9.18 Å². The van der Waals surface area contributed by atoms with Crippen LogP contribution in [-0.2, 0) is 4.79 Å². The second-order valence-electron chi connectivity index (χ2n) is 4.62. The molecule has 19 heavy (non-hydrogen) atoms. The van der Waals surface area contributed by atoms with Crippen molar-refractivity contribution in [3.05, 3.63) is 71.0 Å². The van der Waals surface area contributed by atoms with Crippen LogP contribution in [0.25, 0.3) is 0 Å². The van der Waals surface area contributed by atoms with E-state index in [1.807, 2.05) is 31.2 Å². The maximum Gasteiger partial charge on any atom is 0.304 e. The molecular weight excluding hydrogens is 243 g/mol. The summed E-state index contributed by atoms with van der Waals surface area (Å²) in [6.45, 7) is 1.96. The van der Waals surface area contributed by atoms with E-state index in [-0.39, 0.29) is 18.2 Å². The lowest BCUT2D eigenvalue weighted by Crippen LogP contribution is -2.08. The molecular formula is C16H15FO2. The standard InChI is InChI=1S/C16H15FO2/c1-11-3-2-4-13(9-11)15(10-16(18)19)12-5-7-14(17)8-6-12/h2-9,15H,10H2,1H3,(H,18,19). The Labute approximate surface area is 111 Å². The molecule has 2 aromatic rings. The molecule has 3 heteroatoms. The predicted octanol–water partition coefficient (Wildman–Crippen LogP) is 3.74. The maximum atomic E-state index is 13.0. The molecule has 2 rings (SSSR count). The van der Waals surface area contributed by atoms with E-state index >= 15 is 0 Å². The molecule has 1 N–H and O–H groups in total. The van der Waals surface area contributed by atoms with Crippen LogP contribution in [0.1, 0.15) is 29.0 Å². The number of halogens is 1. The quantitative estimate of drug-likeness (QED) is 0.907. The predicted molar refractivity (Wildman–Crippen MR) is 71.7 cm³/mol. The van der Waals surface area contributed by atoms with Gasteiger partial charge < -0.3 is 5.11 Å². The largest absolute Gasteiger partial charge is 0.481 e. The highest BCUT2D eigenvalue weighted by molar-refractivity contribution is 5.69. The first-order chi connectivity index (χ1) is 9.06. The van der Waals surface area contributed by atoms with Crippen LogP contribution >= 0.6 is 0 Å². The molecule has 0 heterocycles. The zero-order valence-corrected chi connectivity index (χ0v) is 10.6. The van der Waals surface area contributed by atoms with Crippen LogP contribution in [0.2, 0.25) is 0 Å². The minimum Gasteiger partial charge on any atom is -0.481 e. The van der Waals surface area contributed by atoms with Gasteiger partial charge in [0.15, 0.2) is 0 Å². The van der Waals surface area contributed by atoms with E-state index in [0.717, 1.165) is 16.7 Å². The number of aliphatic carboxylic acids is 1. The molecule has 1 atom stereocenters. The van der Waals surface area contributed by atoms with Gasteiger partial charge in [-0.15, -0.1) is 0 Å². The van der Waals surface area contributed by atoms with E-state index < -0.39 is 5.97 Å². The van der Waals surface area contributed by atoms with Crippen LogP contribution < -0.4 is 0 Å². The van der Waals surface area contributed by atoms with E-state index in [1.165, 1.54) is 12.1 Å². The topological polar surface area (TPSA) is 37.3 Å². The molecule has 0 aliphatic heterocycles. The molecule has 0 aliphatic rings. The summed E-state index contributed by atoms with van der Waals surface area (Å²) in [7, 11) is 0. The van der Waals surface area contributed by atoms with E-state index in [4.69, 9.17) is 5.11 Å². The number of carboxylic acid groups (broad SMARTS) is 1. The summed E-state index contributed by atoms with van der Waals surface area (Å²) >= 11 is 0. The van der Waals surface area contributed by atoms with Gasteiger partial charge in [0.2, 0.25) is 0 Å². The lowest BCUT2D eigenvalue weighted by Gasteiger charge is -2.16. The Bertz CT molecular complexity index is 576. The van der Waals surface area contributed by atoms with Gasteiger partial charge in [-0.1, -0.05) is 42.0 Å². The highest BCUT2D eigenvalue weighted by atomic mass is 19.1. The zero-order chi connectivity index (χ0) is 13.8. The summed E-state index contributed by atoms with van der Waals surface area (Å²) in [5.41, 5.74) is 2.83. The molecule has 2 nitrogen and oxygen atoms in total. The Morgan fingerprint density at radius 3 is 2.42 bits per heavy atom. The summed E-state index contributed by atoms with van der Waals surface area (Å²) in [4.78, 5) is 11.0. The van der Waals surface area contributed by atoms with Gasteiger partial charge in [-0.2, -0.15) is 0 Å². The first kappa shape index (κ1) is 13.3. The van der Waals surface area contributed by atoms with Crippen molar-refractivity contribution < 1.29 is 14.3 Å². The molecule has 0 radical (unpaired) electrons. The van der Waals surface area contributed by atoms with Crippen molar-refractivity contribution in [1.82, 2.24) is 0 Å². The SMILES string of the molecule is Cc1cccc(C(CC(=O)O)c2ccc(F)cc2)c1. The summed E-state index contributed by atoms with van der Waals surface area (Å²) in [6, 6.07) is 13.8. The highest BCUT2D eigenvalue weighted by Crippen LogP contribution is 2.28. The summed E-state index contributed by atoms with van der Waals surface area (Å²) in [5.74, 6) is -1.43. The first-order valence-corrected chi connectivity index (χ1v) is 6.10. The molecule has 0 aromatic heterocycles. The van der Waals surface area contributed by atoms with Crippen LogP contribution in [-0.4, -0.2) is 11.1 Å². The van der Waals surface area contributed by atoms with E-state index in [0.29, 0.717) is 0 Å². The van der Waals surface area contributed by atoms with Gasteiger partial charge in [-0.3, -0.25) is 4.79 Å². The number of hydrogen-bond acceptors (Lipinski definition) is 1. The third kappa shape index (κ3) is 3.41. The van der Waals surface area contributed by atoms with Gasteiger partial charge in [-0.25, -0.2) is 4.39 Å². The van der Waals surface area contributed by atoms with Crippen LogP contribution in [0.15, 0.2) is 48.5 Å². The summed E-state index contributed by atoms with van der Waals surface area (Å²) in [5, 5.41) is 9.06. The number of rotatable bonds is 4. The zero-order valence-electron chi connectivity index (χ0n) is 10.6. The molecule has 0 amide bonds. The van der Waals surface area contributed by atoms with Crippen molar-refractivity contribution in [3.63, 3.8) is 0 Å². The minimum atomic E-state index is -0.865. The second kappa shape index (κ2) is 5.65. The fraction of sp³-hybridized carbons (Fsp3) is 0.188. The Morgan fingerprint density at radius 1 is 1.16 bits per heavy atom. The van der Waals surface area contributed by atoms with Crippen molar-refractivity contribution >= 4 is 5.97 Å². The Balaban J connectivity index is 2.40. The molecule has 0 saturated carbocycles. The molecule has 98 valence electrons. The van der Waals surface area contributed by atoms with E-state index in [1.54, 1.807) is 12.1 Å². The lowest BCUT2D eigenvalue weighted by molar-refractivity contribution is -0.137. The minimum absolute atomic E-state index is 0.00488. The number of carbonyl (C=O) groups is 1. The molecule has 0 spiro atoms. The highest BCUT2D eigenvalue weighted by Gasteiger charge is 2.18. The third-order valence-electron chi connectivity index (χ3n) is 3.10. The van der Waals surface area contributed by atoms with Gasteiger partial charge in [0, 0.05) is 5.92 Å². The second-order valence-corrected chi connectivity index (χ2v) is 4.62. The van der Waals surface area contributed by atoms with Crippen molar-refractivity contribution in [1.29, 1.82) is 0 Å². The number of aryl methyl sites for hydroxylation is 1. The molecule has 2 aromatic carbocycles. The first-order valence-electron chi connectivity index (χ1n) is 6.10. The molecule has 0 fully saturated rings. The molecule has 0 bridgehead atoms. The number of carboxylic acids is 1. The summed E-state index contributed by atoms with van der Waals surface area (Å²) < 4.78 is 13.0. The smallest absolute Gasteiger partial charge is 0.304 e. The monoisotopic (exact) mass is 258 g/mol. The van der Waals surface area contributed by atoms with Crippen molar-refractivity contribution in [2.45, 2.75) is 19.3 Å². The van der Waals surface area contributed by atoms with Crippen LogP contribution in [0, 0.1) is 12.7 Å². The van der Waals surface area contributed by atoms with Crippen molar-refractivity contribution in [3.8, 4) is 0 Å². The van der Waals surface area contributed by atoms with Crippen molar-refractivity contribution in [2.24, 2.45) is 0 Å². The lowest BCUT2D eigenvalue weighted by atomic mass is 9.88. The fourth-order valence-corrected chi connectivity index (χ4v) is 2.18. The molecule has 1 unspecified atom stereocenters. The van der Waals surface area contributed by atoms with Gasteiger partial charge in [0.1, 0.15) is 5.82 Å². The third-order valence-corrected chi connectivity index (χ3v) is 3.10. The average molecular weight is 258 g/mol. The maximum absolute atomic E-state index is 13.0. The number of hydrogen-bond donors (Lipinski definition) is 1. The molecule has 0 aliphatic carbocycles. The van der Waals surface area contributed by atoms with Crippen LogP contribution in [0.4, 0.5) is 4.39 Å². The summed E-state index contributed by atoms with van der Waals surface area (Å²) in [6.07, 6.45) is -0.00488. The fourth-order valence-electron chi connectivity index (χ4n) is 2.18. The number of benzene rings is 2. The van der Waals surface area contributed by atoms with Crippen LogP contribution in [0.3, 0.4) is 0 Å². The average Bonchev–Trinajstić information content (AvgIpc) is 2.37. The van der Waals surface area contributed by atoms with Gasteiger partial charge in [0.05, 0.1) is 6.42 Å².